The van der Waals surface area contributed by atoms with Gasteiger partial charge in [0.25, 0.3) is 0 Å². The lowest BCUT2D eigenvalue weighted by Gasteiger charge is -2.13. The summed E-state index contributed by atoms with van der Waals surface area (Å²) in [6, 6.07) is 61.1. The molecule has 0 saturated carbocycles. The van der Waals surface area contributed by atoms with Crippen LogP contribution in [0.5, 0.6) is 0 Å². The van der Waals surface area contributed by atoms with Crippen LogP contribution in [0.3, 0.4) is 0 Å². The minimum atomic E-state index is 0.596. The van der Waals surface area contributed by atoms with Crippen molar-refractivity contribution in [3.63, 3.8) is 0 Å². The summed E-state index contributed by atoms with van der Waals surface area (Å²) in [5.41, 5.74) is 13.7. The molecule has 6 aromatic carbocycles. The van der Waals surface area contributed by atoms with Crippen LogP contribution in [0.25, 0.3) is 111 Å². The summed E-state index contributed by atoms with van der Waals surface area (Å²) in [5, 5.41) is 5.63. The average molecular weight is 742 g/mol. The van der Waals surface area contributed by atoms with Crippen LogP contribution in [0.15, 0.2) is 188 Å². The maximum Gasteiger partial charge on any atom is 0.235 e. The monoisotopic (exact) mass is 741 g/mol. The lowest BCUT2D eigenvalue weighted by atomic mass is 10.0. The Morgan fingerprint density at radius 3 is 1.45 bits per heavy atom. The summed E-state index contributed by atoms with van der Waals surface area (Å²) in [6.07, 6.45) is 3.65. The molecule has 0 spiro atoms. The normalized spacial score (nSPS) is 11.8. The third-order valence-electron chi connectivity index (χ3n) is 11.2. The van der Waals surface area contributed by atoms with Gasteiger partial charge in [-0.05, 0) is 66.0 Å². The molecule has 0 radical (unpaired) electrons. The van der Waals surface area contributed by atoms with E-state index in [-0.39, 0.29) is 0 Å². The molecule has 0 aliphatic rings. The highest BCUT2D eigenvalue weighted by Crippen LogP contribution is 2.39. The summed E-state index contributed by atoms with van der Waals surface area (Å²) in [7, 11) is 0. The Morgan fingerprint density at radius 1 is 0.328 bits per heavy atom. The molecular weight excluding hydrogens is 711 g/mol. The van der Waals surface area contributed by atoms with Crippen molar-refractivity contribution in [3.05, 3.63) is 188 Å². The Labute approximate surface area is 332 Å². The highest BCUT2D eigenvalue weighted by Gasteiger charge is 2.21. The maximum atomic E-state index is 5.38. The van der Waals surface area contributed by atoms with Crippen LogP contribution in [0.1, 0.15) is 0 Å². The first-order valence-electron chi connectivity index (χ1n) is 19.3. The fourth-order valence-electron chi connectivity index (χ4n) is 8.50. The second kappa shape index (κ2) is 12.8. The van der Waals surface area contributed by atoms with E-state index in [1.165, 1.54) is 0 Å². The number of rotatable bonds is 5. The molecule has 0 saturated heterocycles. The number of imidazole rings is 1. The molecule has 0 unspecified atom stereocenters. The standard InChI is InChI=1S/C51H31N7/c1-2-13-38-36(11-1)39-29-49-40(30-48(39)57-47-18-6-4-16-43(47)54-50(38)57)37-12-3-5-17-46(37)58(49)51-55-44(34-23-19-32(20-24-34)41-14-7-9-27-52-41)31-45(56-51)35-25-21-33(22-26-35)42-15-8-10-28-53-42/h1-31H. The molecule has 7 heteroatoms. The summed E-state index contributed by atoms with van der Waals surface area (Å²) < 4.78 is 4.55. The third-order valence-corrected chi connectivity index (χ3v) is 11.2. The fourth-order valence-corrected chi connectivity index (χ4v) is 8.50. The molecule has 58 heavy (non-hydrogen) atoms. The van der Waals surface area contributed by atoms with E-state index in [2.05, 4.69) is 158 Å². The predicted octanol–water partition coefficient (Wildman–Crippen LogP) is 12.1. The smallest absolute Gasteiger partial charge is 0.235 e. The summed E-state index contributed by atoms with van der Waals surface area (Å²) >= 11 is 0. The third kappa shape index (κ3) is 5.04. The molecule has 0 amide bonds. The first-order valence-corrected chi connectivity index (χ1v) is 19.3. The van der Waals surface area contributed by atoms with E-state index in [9.17, 15) is 0 Å². The number of benzene rings is 6. The zero-order valence-corrected chi connectivity index (χ0v) is 31.0. The highest BCUT2D eigenvalue weighted by molar-refractivity contribution is 6.20. The lowest BCUT2D eigenvalue weighted by molar-refractivity contribution is 0.996. The van der Waals surface area contributed by atoms with Gasteiger partial charge >= 0.3 is 0 Å². The van der Waals surface area contributed by atoms with Crippen LogP contribution >= 0.6 is 0 Å². The zero-order chi connectivity index (χ0) is 38.2. The van der Waals surface area contributed by atoms with E-state index in [4.69, 9.17) is 15.0 Å². The highest BCUT2D eigenvalue weighted by atomic mass is 15.2. The van der Waals surface area contributed by atoms with Crippen molar-refractivity contribution < 1.29 is 0 Å². The van der Waals surface area contributed by atoms with E-state index in [0.717, 1.165) is 105 Å². The topological polar surface area (TPSA) is 73.8 Å². The second-order valence-corrected chi connectivity index (χ2v) is 14.6. The number of hydrogen-bond acceptors (Lipinski definition) is 5. The van der Waals surface area contributed by atoms with E-state index < -0.39 is 0 Å². The van der Waals surface area contributed by atoms with Crippen LogP contribution < -0.4 is 0 Å². The Hall–Kier alpha value is -8.03. The number of hydrogen-bond donors (Lipinski definition) is 0. The van der Waals surface area contributed by atoms with Gasteiger partial charge in [-0.25, -0.2) is 15.0 Å². The number of aromatic nitrogens is 7. The number of nitrogens with zero attached hydrogens (tertiary/aromatic N) is 7. The van der Waals surface area contributed by atoms with Crippen LogP contribution in [-0.4, -0.2) is 33.9 Å². The molecule has 6 heterocycles. The van der Waals surface area contributed by atoms with Crippen molar-refractivity contribution in [1.82, 2.24) is 33.9 Å². The predicted molar refractivity (Wildman–Crippen MR) is 235 cm³/mol. The van der Waals surface area contributed by atoms with Crippen LogP contribution in [0.2, 0.25) is 0 Å². The average Bonchev–Trinajstić information content (AvgIpc) is 3.85. The molecular formula is C51H31N7. The SMILES string of the molecule is c1ccc(-c2ccc(-c3cc(-c4ccc(-c5ccccn5)cc4)nc(-n4c5ccccc5c5cc6c(cc54)c4ccccc4c4nc5ccccc5n64)n3)cc2)nc1. The molecule has 12 aromatic rings. The number of para-hydroxylation sites is 3. The Bertz CT molecular complexity index is 3430. The Balaban J connectivity index is 1.12. The van der Waals surface area contributed by atoms with Gasteiger partial charge in [0.2, 0.25) is 5.95 Å². The Morgan fingerprint density at radius 2 is 0.828 bits per heavy atom. The van der Waals surface area contributed by atoms with Gasteiger partial charge < -0.3 is 0 Å². The van der Waals surface area contributed by atoms with Crippen molar-refractivity contribution in [3.8, 4) is 51.0 Å². The molecule has 12 rings (SSSR count). The summed E-state index contributed by atoms with van der Waals surface area (Å²) in [4.78, 5) is 25.0. The second-order valence-electron chi connectivity index (χ2n) is 14.6. The quantitative estimate of drug-likeness (QED) is 0.164. The van der Waals surface area contributed by atoms with Crippen LogP contribution in [0.4, 0.5) is 0 Å². The van der Waals surface area contributed by atoms with Crippen molar-refractivity contribution in [2.24, 2.45) is 0 Å². The van der Waals surface area contributed by atoms with Gasteiger partial charge in [-0.15, -0.1) is 0 Å². The van der Waals surface area contributed by atoms with E-state index in [0.29, 0.717) is 5.95 Å². The molecule has 0 aliphatic carbocycles. The van der Waals surface area contributed by atoms with Crippen LogP contribution in [-0.2, 0) is 0 Å². The number of fused-ring (bicyclic) bond motifs is 11. The first kappa shape index (κ1) is 32.2. The van der Waals surface area contributed by atoms with Crippen molar-refractivity contribution >= 4 is 60.2 Å². The van der Waals surface area contributed by atoms with Crippen molar-refractivity contribution in [1.29, 1.82) is 0 Å². The Kier molecular flexibility index (Phi) is 7.09. The molecule has 0 aliphatic heterocycles. The maximum absolute atomic E-state index is 5.38. The van der Waals surface area contributed by atoms with Gasteiger partial charge in [-0.3, -0.25) is 18.9 Å². The van der Waals surface area contributed by atoms with Gasteiger partial charge in [0, 0.05) is 56.2 Å². The van der Waals surface area contributed by atoms with E-state index in [1.54, 1.807) is 0 Å². The number of pyridine rings is 3. The molecule has 270 valence electrons. The van der Waals surface area contributed by atoms with E-state index in [1.807, 2.05) is 48.8 Å². The van der Waals surface area contributed by atoms with Crippen LogP contribution in [0, 0.1) is 0 Å². The molecule has 0 bridgehead atoms. The molecule has 0 atom stereocenters. The van der Waals surface area contributed by atoms with Gasteiger partial charge in [0.1, 0.15) is 5.65 Å². The zero-order valence-electron chi connectivity index (χ0n) is 31.0. The lowest BCUT2D eigenvalue weighted by Crippen LogP contribution is -2.04. The molecule has 0 N–H and O–H groups in total. The first-order chi connectivity index (χ1) is 28.7. The van der Waals surface area contributed by atoms with Gasteiger partial charge in [0.05, 0.1) is 50.4 Å². The fraction of sp³-hybridized carbons (Fsp3) is 0. The van der Waals surface area contributed by atoms with E-state index >= 15 is 0 Å². The minimum absolute atomic E-state index is 0.596. The largest absolute Gasteiger partial charge is 0.292 e. The van der Waals surface area contributed by atoms with Gasteiger partial charge in [-0.1, -0.05) is 115 Å². The van der Waals surface area contributed by atoms with Crippen molar-refractivity contribution in [2.75, 3.05) is 0 Å². The van der Waals surface area contributed by atoms with Gasteiger partial charge in [0.15, 0.2) is 0 Å². The minimum Gasteiger partial charge on any atom is -0.292 e. The van der Waals surface area contributed by atoms with Gasteiger partial charge in [-0.2, -0.15) is 0 Å². The van der Waals surface area contributed by atoms with Crippen molar-refractivity contribution in [2.45, 2.75) is 0 Å². The molecule has 6 aromatic heterocycles. The summed E-state index contributed by atoms with van der Waals surface area (Å²) in [6.45, 7) is 0. The summed E-state index contributed by atoms with van der Waals surface area (Å²) in [5.74, 6) is 0.596. The molecule has 0 fully saturated rings. The molecule has 7 nitrogen and oxygen atoms in total.